The first-order chi connectivity index (χ1) is 38.2. The van der Waals surface area contributed by atoms with Gasteiger partial charge >= 0.3 is 0 Å². The van der Waals surface area contributed by atoms with Gasteiger partial charge in [0.25, 0.3) is 0 Å². The van der Waals surface area contributed by atoms with Gasteiger partial charge < -0.3 is 9.47 Å². The zero-order valence-corrected chi connectivity index (χ0v) is 42.3. The van der Waals surface area contributed by atoms with Crippen LogP contribution < -0.4 is 4.90 Å². The Morgan fingerprint density at radius 3 is 1.57 bits per heavy atom. The van der Waals surface area contributed by atoms with Crippen molar-refractivity contribution in [3.63, 3.8) is 0 Å². The number of anilines is 3. The maximum Gasteiger partial charge on any atom is 0.0714 e. The van der Waals surface area contributed by atoms with E-state index in [0.29, 0.717) is 0 Å². The molecule has 1 aromatic heterocycles. The lowest BCUT2D eigenvalue weighted by atomic mass is 9.67. The summed E-state index contributed by atoms with van der Waals surface area (Å²) in [5.74, 6) is 0. The minimum absolute atomic E-state index is 0.527. The van der Waals surface area contributed by atoms with Crippen LogP contribution >= 0.6 is 0 Å². The van der Waals surface area contributed by atoms with Crippen LogP contribution in [-0.2, 0) is 5.41 Å². The molecule has 0 N–H and O–H groups in total. The minimum Gasteiger partial charge on any atom is -0.310 e. The Hall–Kier alpha value is -10.0. The summed E-state index contributed by atoms with van der Waals surface area (Å²) in [6.07, 6.45) is 0. The first kappa shape index (κ1) is 44.5. The lowest BCUT2D eigenvalue weighted by molar-refractivity contribution is 0.768. The van der Waals surface area contributed by atoms with Gasteiger partial charge in [-0.25, -0.2) is 0 Å². The van der Waals surface area contributed by atoms with Crippen LogP contribution in [0.15, 0.2) is 303 Å². The van der Waals surface area contributed by atoms with Crippen molar-refractivity contribution in [1.82, 2.24) is 4.57 Å². The molecule has 0 saturated heterocycles. The molecule has 2 nitrogen and oxygen atoms in total. The standard InChI is InChI=1S/C75H50N2/c1-4-18-51(19-5-1)56-34-35-58-48-63(42-38-57(58)47-56)76(64-43-44-67-66-29-12-14-31-70(66)75(71(67)50-64,60-24-6-2-7-25-60)61-26-8-3-9-27-61)62-40-36-52(37-41-62)54-22-16-23-55(46-54)59-39-45-74-69(49-59)68-30-13-15-32-73(68)77(74)72-33-17-21-53-20-10-11-28-65(53)72/h1-50H. The van der Waals surface area contributed by atoms with Crippen molar-refractivity contribution in [2.75, 3.05) is 4.90 Å². The smallest absolute Gasteiger partial charge is 0.0714 e. The fraction of sp³-hybridized carbons (Fsp3) is 0.0133. The minimum atomic E-state index is -0.527. The topological polar surface area (TPSA) is 8.17 Å². The van der Waals surface area contributed by atoms with Gasteiger partial charge in [-0.1, -0.05) is 231 Å². The number of hydrogen-bond donors (Lipinski definition) is 0. The fourth-order valence-electron chi connectivity index (χ4n) is 12.7. The molecule has 2 heteroatoms. The van der Waals surface area contributed by atoms with Crippen LogP contribution in [0.4, 0.5) is 17.1 Å². The van der Waals surface area contributed by atoms with Gasteiger partial charge in [-0.2, -0.15) is 0 Å². The van der Waals surface area contributed by atoms with Crippen LogP contribution in [0.25, 0.3) is 93.5 Å². The fourth-order valence-corrected chi connectivity index (χ4v) is 12.7. The van der Waals surface area contributed by atoms with Crippen LogP contribution in [-0.4, -0.2) is 4.57 Å². The first-order valence-corrected chi connectivity index (χ1v) is 26.6. The van der Waals surface area contributed by atoms with Crippen molar-refractivity contribution in [2.45, 2.75) is 5.41 Å². The third-order valence-electron chi connectivity index (χ3n) is 16.2. The molecule has 14 aromatic rings. The van der Waals surface area contributed by atoms with Gasteiger partial charge in [0.2, 0.25) is 0 Å². The Morgan fingerprint density at radius 2 is 0.766 bits per heavy atom. The molecule has 15 rings (SSSR count). The van der Waals surface area contributed by atoms with Crippen molar-refractivity contribution in [3.8, 4) is 50.2 Å². The molecular formula is C75H50N2. The average Bonchev–Trinajstić information content (AvgIpc) is 4.11. The van der Waals surface area contributed by atoms with E-state index < -0.39 is 5.41 Å². The molecule has 1 aliphatic rings. The van der Waals surface area contributed by atoms with Crippen LogP contribution in [0, 0.1) is 0 Å². The second-order valence-electron chi connectivity index (χ2n) is 20.4. The number of rotatable bonds is 9. The number of fused-ring (bicyclic) bond motifs is 8. The normalized spacial score (nSPS) is 12.5. The summed E-state index contributed by atoms with van der Waals surface area (Å²) in [6.45, 7) is 0. The highest BCUT2D eigenvalue weighted by atomic mass is 15.1. The predicted molar refractivity (Wildman–Crippen MR) is 324 cm³/mol. The molecule has 0 fully saturated rings. The number of nitrogens with zero attached hydrogens (tertiary/aromatic N) is 2. The highest BCUT2D eigenvalue weighted by Crippen LogP contribution is 2.57. The molecule has 13 aromatic carbocycles. The second kappa shape index (κ2) is 18.1. The van der Waals surface area contributed by atoms with E-state index in [1.165, 1.54) is 110 Å². The average molecular weight is 979 g/mol. The summed E-state index contributed by atoms with van der Waals surface area (Å²) >= 11 is 0. The Labute approximate surface area is 448 Å². The zero-order valence-electron chi connectivity index (χ0n) is 42.3. The summed E-state index contributed by atoms with van der Waals surface area (Å²) in [5.41, 5.74) is 21.1. The molecule has 0 unspecified atom stereocenters. The molecule has 77 heavy (non-hydrogen) atoms. The maximum atomic E-state index is 2.46. The summed E-state index contributed by atoms with van der Waals surface area (Å²) < 4.78 is 2.43. The van der Waals surface area contributed by atoms with Crippen LogP contribution in [0.2, 0.25) is 0 Å². The van der Waals surface area contributed by atoms with Gasteiger partial charge in [-0.15, -0.1) is 0 Å². The van der Waals surface area contributed by atoms with Gasteiger partial charge in [0.05, 0.1) is 22.1 Å². The molecule has 1 aliphatic carbocycles. The van der Waals surface area contributed by atoms with E-state index in [-0.39, 0.29) is 0 Å². The molecule has 0 aliphatic heterocycles. The number of hydrogen-bond acceptors (Lipinski definition) is 1. The lowest BCUT2D eigenvalue weighted by Crippen LogP contribution is -2.28. The van der Waals surface area contributed by atoms with Gasteiger partial charge in [0, 0.05) is 33.2 Å². The number of benzene rings is 13. The third kappa shape index (κ3) is 7.25. The third-order valence-corrected chi connectivity index (χ3v) is 16.2. The molecule has 0 bridgehead atoms. The van der Waals surface area contributed by atoms with Crippen molar-refractivity contribution in [1.29, 1.82) is 0 Å². The molecule has 0 amide bonds. The predicted octanol–water partition coefficient (Wildman–Crippen LogP) is 19.9. The zero-order chi connectivity index (χ0) is 50.9. The van der Waals surface area contributed by atoms with E-state index in [9.17, 15) is 0 Å². The largest absolute Gasteiger partial charge is 0.310 e. The Bertz CT molecular complexity index is 4510. The van der Waals surface area contributed by atoms with E-state index in [2.05, 4.69) is 313 Å². The van der Waals surface area contributed by atoms with E-state index in [1.54, 1.807) is 0 Å². The van der Waals surface area contributed by atoms with Crippen molar-refractivity contribution in [2.24, 2.45) is 0 Å². The summed E-state index contributed by atoms with van der Waals surface area (Å²) in [7, 11) is 0. The van der Waals surface area contributed by atoms with E-state index in [0.717, 1.165) is 22.6 Å². The monoisotopic (exact) mass is 978 g/mol. The van der Waals surface area contributed by atoms with Crippen molar-refractivity contribution in [3.05, 3.63) is 326 Å². The van der Waals surface area contributed by atoms with Gasteiger partial charge in [-0.05, 0) is 156 Å². The molecule has 0 saturated carbocycles. The first-order valence-electron chi connectivity index (χ1n) is 26.6. The van der Waals surface area contributed by atoms with Crippen LogP contribution in [0.1, 0.15) is 22.3 Å². The van der Waals surface area contributed by atoms with Crippen molar-refractivity contribution >= 4 is 60.4 Å². The van der Waals surface area contributed by atoms with E-state index in [4.69, 9.17) is 0 Å². The number of para-hydroxylation sites is 1. The summed E-state index contributed by atoms with van der Waals surface area (Å²) in [4.78, 5) is 2.44. The molecule has 0 spiro atoms. The van der Waals surface area contributed by atoms with Gasteiger partial charge in [-0.3, -0.25) is 0 Å². The molecule has 1 heterocycles. The van der Waals surface area contributed by atoms with Crippen LogP contribution in [0.3, 0.4) is 0 Å². The van der Waals surface area contributed by atoms with Crippen LogP contribution in [0.5, 0.6) is 0 Å². The Kier molecular flexibility index (Phi) is 10.5. The van der Waals surface area contributed by atoms with E-state index in [1.807, 2.05) is 0 Å². The molecule has 0 atom stereocenters. The highest BCUT2D eigenvalue weighted by Gasteiger charge is 2.46. The summed E-state index contributed by atoms with van der Waals surface area (Å²) in [6, 6.07) is 112. The maximum absolute atomic E-state index is 2.46. The quantitative estimate of drug-likeness (QED) is 0.140. The van der Waals surface area contributed by atoms with Gasteiger partial charge in [0.15, 0.2) is 0 Å². The highest BCUT2D eigenvalue weighted by molar-refractivity contribution is 6.12. The number of aromatic nitrogens is 1. The van der Waals surface area contributed by atoms with Crippen molar-refractivity contribution < 1.29 is 0 Å². The second-order valence-corrected chi connectivity index (χ2v) is 20.4. The molecule has 360 valence electrons. The Balaban J connectivity index is 0.848. The lowest BCUT2D eigenvalue weighted by Gasteiger charge is -2.35. The Morgan fingerprint density at radius 1 is 0.260 bits per heavy atom. The molecule has 0 radical (unpaired) electrons. The van der Waals surface area contributed by atoms with Gasteiger partial charge in [0.1, 0.15) is 0 Å². The SMILES string of the molecule is c1ccc(-c2ccc3cc(N(c4ccc(-c5cccc(-c6ccc7c(c6)c6ccccc6n7-c6cccc7ccccc67)c5)cc4)c4ccc5c(c4)C(c4ccccc4)(c4ccccc4)c4ccccc4-5)ccc3c2)cc1. The van der Waals surface area contributed by atoms with E-state index >= 15 is 0 Å². The summed E-state index contributed by atoms with van der Waals surface area (Å²) in [5, 5.41) is 7.36. The molecular weight excluding hydrogens is 929 g/mol.